The Hall–Kier alpha value is -1.21. The zero-order chi connectivity index (χ0) is 9.19. The molecule has 0 amide bonds. The summed E-state index contributed by atoms with van der Waals surface area (Å²) in [6.45, 7) is 0. The van der Waals surface area contributed by atoms with Crippen LogP contribution < -0.4 is 10.2 Å². The highest BCUT2D eigenvalue weighted by Crippen LogP contribution is 2.21. The maximum absolute atomic E-state index is 11.6. The Kier molecular flexibility index (Phi) is 6.01. The predicted octanol–water partition coefficient (Wildman–Crippen LogP) is -0.270. The Morgan fingerprint density at radius 3 is 1.79 bits per heavy atom. The number of hydrogen-bond acceptors (Lipinski definition) is 1. The first-order valence-electron chi connectivity index (χ1n) is 3.09. The molecule has 0 bridgehead atoms. The second-order valence-corrected chi connectivity index (χ2v) is 2.12. The molecule has 14 heavy (non-hydrogen) atoms. The van der Waals surface area contributed by atoms with Crippen LogP contribution >= 0.6 is 0 Å². The number of ether oxygens (including phenoxy) is 1. The van der Waals surface area contributed by atoms with Crippen molar-refractivity contribution in [3.8, 4) is 5.75 Å². The minimum absolute atomic E-state index is 0. The van der Waals surface area contributed by atoms with Crippen LogP contribution in [0.1, 0.15) is 0 Å². The van der Waals surface area contributed by atoms with Crippen LogP contribution in [0.2, 0.25) is 0 Å². The third-order valence-electron chi connectivity index (χ3n) is 1.11. The van der Waals surface area contributed by atoms with E-state index in [1.54, 1.807) is 0 Å². The molecule has 78 valence electrons. The number of rotatable bonds is 1. The van der Waals surface area contributed by atoms with E-state index >= 15 is 0 Å². The number of halogens is 3. The molecule has 0 atom stereocenters. The molecular formula is C7H8BF3O3. The van der Waals surface area contributed by atoms with Crippen LogP contribution in [-0.2, 0) is 0 Å². The molecule has 0 aromatic heterocycles. The highest BCUT2D eigenvalue weighted by molar-refractivity contribution is 6.32. The number of alkyl halides is 3. The molecule has 1 aromatic carbocycles. The molecule has 0 saturated carbocycles. The summed E-state index contributed by atoms with van der Waals surface area (Å²) < 4.78 is 38.4. The van der Waals surface area contributed by atoms with Crippen LogP contribution in [0.3, 0.4) is 0 Å². The molecule has 1 aromatic rings. The van der Waals surface area contributed by atoms with Gasteiger partial charge in [-0.3, -0.25) is 0 Å². The maximum Gasteiger partial charge on any atom is 0.573 e. The van der Waals surface area contributed by atoms with Crippen LogP contribution in [0.15, 0.2) is 24.3 Å². The van der Waals surface area contributed by atoms with Gasteiger partial charge in [-0.05, 0) is 12.1 Å². The van der Waals surface area contributed by atoms with Gasteiger partial charge in [0.25, 0.3) is 0 Å². The first-order chi connectivity index (χ1) is 5.47. The minimum Gasteiger partial charge on any atom is -0.412 e. The molecule has 0 heterocycles. The van der Waals surface area contributed by atoms with Gasteiger partial charge in [0, 0.05) is 0 Å². The summed E-state index contributed by atoms with van der Waals surface area (Å²) >= 11 is 0. The fraction of sp³-hybridized carbons (Fsp3) is 0.143. The fourth-order valence-corrected chi connectivity index (χ4v) is 0.669. The van der Waals surface area contributed by atoms with Gasteiger partial charge in [0.05, 0.1) is 0 Å². The second-order valence-electron chi connectivity index (χ2n) is 2.12. The Labute approximate surface area is 79.5 Å². The molecule has 0 unspecified atom stereocenters. The van der Waals surface area contributed by atoms with Gasteiger partial charge in [-0.2, -0.15) is 0 Å². The zero-order valence-electron chi connectivity index (χ0n) is 6.93. The topological polar surface area (TPSA) is 72.2 Å². The summed E-state index contributed by atoms with van der Waals surface area (Å²) in [5.41, 5.74) is 0.393. The average molecular weight is 208 g/mol. The molecule has 0 aliphatic heterocycles. The Morgan fingerprint density at radius 2 is 1.43 bits per heavy atom. The minimum atomic E-state index is -4.64. The van der Waals surface area contributed by atoms with Gasteiger partial charge in [0.2, 0.25) is 0 Å². The van der Waals surface area contributed by atoms with Gasteiger partial charge >= 0.3 is 6.36 Å². The number of benzene rings is 1. The number of hydrogen-bond donors (Lipinski definition) is 0. The highest BCUT2D eigenvalue weighted by atomic mass is 19.4. The van der Waals surface area contributed by atoms with E-state index < -0.39 is 6.36 Å². The summed E-state index contributed by atoms with van der Waals surface area (Å²) in [6.07, 6.45) is -4.64. The van der Waals surface area contributed by atoms with Gasteiger partial charge in [-0.1, -0.05) is 17.6 Å². The normalized spacial score (nSPS) is 9.64. The third-order valence-corrected chi connectivity index (χ3v) is 1.11. The van der Waals surface area contributed by atoms with Crippen LogP contribution in [-0.4, -0.2) is 25.2 Å². The van der Waals surface area contributed by atoms with Crippen molar-refractivity contribution in [2.75, 3.05) is 0 Å². The lowest BCUT2D eigenvalue weighted by atomic mass is 9.97. The monoisotopic (exact) mass is 208 g/mol. The van der Waals surface area contributed by atoms with Crippen molar-refractivity contribution in [3.05, 3.63) is 24.3 Å². The van der Waals surface area contributed by atoms with E-state index in [4.69, 9.17) is 7.85 Å². The summed E-state index contributed by atoms with van der Waals surface area (Å²) in [4.78, 5) is 0. The highest BCUT2D eigenvalue weighted by Gasteiger charge is 2.30. The summed E-state index contributed by atoms with van der Waals surface area (Å²) in [5, 5.41) is 0. The Balaban J connectivity index is 0. The van der Waals surface area contributed by atoms with Crippen molar-refractivity contribution in [1.82, 2.24) is 0 Å². The summed E-state index contributed by atoms with van der Waals surface area (Å²) in [7, 11) is 5.25. The molecule has 0 aliphatic rings. The lowest BCUT2D eigenvalue weighted by Gasteiger charge is -2.08. The van der Waals surface area contributed by atoms with Gasteiger partial charge < -0.3 is 15.7 Å². The molecule has 1 rings (SSSR count). The molecule has 3 nitrogen and oxygen atoms in total. The van der Waals surface area contributed by atoms with E-state index in [1.807, 2.05) is 0 Å². The quantitative estimate of drug-likeness (QED) is 0.585. The predicted molar refractivity (Wildman–Crippen MR) is 45.7 cm³/mol. The van der Waals surface area contributed by atoms with E-state index in [1.165, 1.54) is 12.1 Å². The van der Waals surface area contributed by atoms with E-state index in [-0.39, 0.29) is 16.7 Å². The first kappa shape index (κ1) is 15.3. The third kappa shape index (κ3) is 5.44. The summed E-state index contributed by atoms with van der Waals surface area (Å²) in [5.74, 6) is -0.267. The first-order valence-corrected chi connectivity index (χ1v) is 3.09. The van der Waals surface area contributed by atoms with Crippen molar-refractivity contribution in [2.24, 2.45) is 0 Å². The van der Waals surface area contributed by atoms with Crippen molar-refractivity contribution in [3.63, 3.8) is 0 Å². The lowest BCUT2D eigenvalue weighted by molar-refractivity contribution is -0.274. The van der Waals surface area contributed by atoms with E-state index in [0.717, 1.165) is 12.1 Å². The van der Waals surface area contributed by atoms with Crippen molar-refractivity contribution >= 4 is 13.3 Å². The van der Waals surface area contributed by atoms with E-state index in [9.17, 15) is 13.2 Å². The smallest absolute Gasteiger partial charge is 0.412 e. The zero-order valence-corrected chi connectivity index (χ0v) is 6.93. The van der Waals surface area contributed by atoms with E-state index in [2.05, 4.69) is 4.74 Å². The van der Waals surface area contributed by atoms with Gasteiger partial charge in [-0.25, -0.2) is 0 Å². The molecular weight excluding hydrogens is 200 g/mol. The van der Waals surface area contributed by atoms with E-state index in [0.29, 0.717) is 5.46 Å². The molecule has 2 radical (unpaired) electrons. The molecule has 0 aliphatic carbocycles. The Morgan fingerprint density at radius 1 is 1.00 bits per heavy atom. The lowest BCUT2D eigenvalue weighted by Crippen LogP contribution is -2.17. The van der Waals surface area contributed by atoms with Crippen LogP contribution in [0.25, 0.3) is 0 Å². The maximum atomic E-state index is 11.6. The van der Waals surface area contributed by atoms with Gasteiger partial charge in [0.1, 0.15) is 13.6 Å². The van der Waals surface area contributed by atoms with Crippen LogP contribution in [0.5, 0.6) is 5.75 Å². The molecule has 7 heteroatoms. The molecule has 0 saturated heterocycles. The fourth-order valence-electron chi connectivity index (χ4n) is 0.669. The SMILES string of the molecule is O.O.[B]c1ccc(OC(F)(F)F)cc1. The largest absolute Gasteiger partial charge is 0.573 e. The molecule has 4 N–H and O–H groups in total. The van der Waals surface area contributed by atoms with Crippen molar-refractivity contribution in [2.45, 2.75) is 6.36 Å². The van der Waals surface area contributed by atoms with Gasteiger partial charge in [-0.15, -0.1) is 13.2 Å². The average Bonchev–Trinajstić information content (AvgIpc) is 1.91. The Bertz CT molecular complexity index is 260. The van der Waals surface area contributed by atoms with Gasteiger partial charge in [0.15, 0.2) is 0 Å². The van der Waals surface area contributed by atoms with Crippen LogP contribution in [0.4, 0.5) is 13.2 Å². The molecule has 0 spiro atoms. The second kappa shape index (κ2) is 5.51. The molecule has 0 fully saturated rings. The van der Waals surface area contributed by atoms with Crippen molar-refractivity contribution < 1.29 is 28.9 Å². The standard InChI is InChI=1S/C7H4BF3O.2H2O/c8-5-1-3-6(4-2-5)12-7(9,10)11;;/h1-4H;2*1H2. The van der Waals surface area contributed by atoms with Crippen LogP contribution in [0, 0.1) is 0 Å². The summed E-state index contributed by atoms with van der Waals surface area (Å²) in [6, 6.07) is 4.98. The van der Waals surface area contributed by atoms with Crippen molar-refractivity contribution in [1.29, 1.82) is 0 Å².